The van der Waals surface area contributed by atoms with Crippen molar-refractivity contribution >= 4 is 11.4 Å². The van der Waals surface area contributed by atoms with Gasteiger partial charge in [0, 0.05) is 17.6 Å². The predicted octanol–water partition coefficient (Wildman–Crippen LogP) is 6.50. The van der Waals surface area contributed by atoms with Gasteiger partial charge in [-0.25, -0.2) is 0 Å². The van der Waals surface area contributed by atoms with Gasteiger partial charge in [-0.1, -0.05) is 66.7 Å². The van der Waals surface area contributed by atoms with E-state index in [4.69, 9.17) is 0 Å². The van der Waals surface area contributed by atoms with Crippen molar-refractivity contribution in [3.05, 3.63) is 84.4 Å². The van der Waals surface area contributed by atoms with Gasteiger partial charge in [0.25, 0.3) is 0 Å². The van der Waals surface area contributed by atoms with Crippen LogP contribution in [0.15, 0.2) is 78.9 Å². The lowest BCUT2D eigenvalue weighted by Crippen LogP contribution is -2.42. The molecule has 0 radical (unpaired) electrons. The van der Waals surface area contributed by atoms with Crippen LogP contribution in [0.2, 0.25) is 0 Å². The maximum atomic E-state index is 2.57. The number of fused-ring (bicyclic) bond motifs is 1. The first-order valence-electron chi connectivity index (χ1n) is 9.89. The Hall–Kier alpha value is -2.74. The van der Waals surface area contributed by atoms with E-state index < -0.39 is 0 Å². The first-order valence-corrected chi connectivity index (χ1v) is 9.89. The third-order valence-corrected chi connectivity index (χ3v) is 5.40. The molecule has 0 N–H and O–H groups in total. The van der Waals surface area contributed by atoms with Crippen LogP contribution in [-0.2, 0) is 0 Å². The molecule has 0 unspecified atom stereocenters. The average molecular weight is 357 g/mol. The SMILES string of the molecule is CC(C)N1c2ccccc2N(C(C)C)C1c1ccccc1-c1ccccc1. The fraction of sp³-hybridized carbons (Fsp3) is 0.280. The molecule has 0 amide bonds. The molecule has 0 aromatic heterocycles. The first-order chi connectivity index (χ1) is 13.1. The highest BCUT2D eigenvalue weighted by Gasteiger charge is 2.40. The fourth-order valence-electron chi connectivity index (χ4n) is 4.32. The summed E-state index contributed by atoms with van der Waals surface area (Å²) < 4.78 is 0. The summed E-state index contributed by atoms with van der Waals surface area (Å²) >= 11 is 0. The van der Waals surface area contributed by atoms with Crippen LogP contribution >= 0.6 is 0 Å². The lowest BCUT2D eigenvalue weighted by atomic mass is 9.96. The van der Waals surface area contributed by atoms with Gasteiger partial charge in [0.2, 0.25) is 0 Å². The maximum Gasteiger partial charge on any atom is 0.129 e. The molecule has 1 aliphatic heterocycles. The van der Waals surface area contributed by atoms with Crippen molar-refractivity contribution in [2.75, 3.05) is 9.80 Å². The van der Waals surface area contributed by atoms with Crippen molar-refractivity contribution in [2.45, 2.75) is 45.9 Å². The highest BCUT2D eigenvalue weighted by molar-refractivity contribution is 5.81. The molecule has 3 aromatic carbocycles. The van der Waals surface area contributed by atoms with Crippen molar-refractivity contribution < 1.29 is 0 Å². The van der Waals surface area contributed by atoms with Gasteiger partial charge in [0.15, 0.2) is 0 Å². The molecule has 0 aliphatic carbocycles. The molecule has 2 heteroatoms. The van der Waals surface area contributed by atoms with Gasteiger partial charge >= 0.3 is 0 Å². The van der Waals surface area contributed by atoms with E-state index in [1.165, 1.54) is 28.1 Å². The van der Waals surface area contributed by atoms with E-state index in [9.17, 15) is 0 Å². The number of para-hydroxylation sites is 2. The Morgan fingerprint density at radius 1 is 0.593 bits per heavy atom. The van der Waals surface area contributed by atoms with E-state index in [0.29, 0.717) is 12.1 Å². The third-order valence-electron chi connectivity index (χ3n) is 5.40. The van der Waals surface area contributed by atoms with E-state index in [0.717, 1.165) is 0 Å². The van der Waals surface area contributed by atoms with Crippen LogP contribution < -0.4 is 9.80 Å². The smallest absolute Gasteiger partial charge is 0.129 e. The number of benzene rings is 3. The highest BCUT2D eigenvalue weighted by Crippen LogP contribution is 2.49. The summed E-state index contributed by atoms with van der Waals surface area (Å²) in [4.78, 5) is 5.13. The minimum absolute atomic E-state index is 0.193. The molecule has 0 saturated heterocycles. The molecule has 3 aromatic rings. The molecule has 1 aliphatic rings. The van der Waals surface area contributed by atoms with Crippen LogP contribution in [0.5, 0.6) is 0 Å². The molecular weight excluding hydrogens is 328 g/mol. The Kier molecular flexibility index (Phi) is 4.65. The van der Waals surface area contributed by atoms with E-state index in [1.54, 1.807) is 0 Å². The molecule has 0 atom stereocenters. The minimum atomic E-state index is 0.193. The summed E-state index contributed by atoms with van der Waals surface area (Å²) in [6.07, 6.45) is 0.193. The van der Waals surface area contributed by atoms with Gasteiger partial charge in [-0.15, -0.1) is 0 Å². The quantitative estimate of drug-likeness (QED) is 0.527. The fourth-order valence-corrected chi connectivity index (χ4v) is 4.32. The van der Waals surface area contributed by atoms with Gasteiger partial charge < -0.3 is 9.80 Å². The Bertz CT molecular complexity index is 879. The number of hydrogen-bond donors (Lipinski definition) is 0. The second-order valence-electron chi connectivity index (χ2n) is 7.82. The normalized spacial score (nSPS) is 14.3. The summed E-state index contributed by atoms with van der Waals surface area (Å²) in [6, 6.07) is 29.2. The van der Waals surface area contributed by atoms with Gasteiger partial charge in [-0.2, -0.15) is 0 Å². The number of hydrogen-bond acceptors (Lipinski definition) is 2. The Morgan fingerprint density at radius 2 is 1.07 bits per heavy atom. The highest BCUT2D eigenvalue weighted by atomic mass is 15.4. The standard InChI is InChI=1S/C25H28N2/c1-18(2)26-23-16-10-11-17-24(23)27(19(3)4)25(26)22-15-9-8-14-21(22)20-12-6-5-7-13-20/h5-19,25H,1-4H3. The van der Waals surface area contributed by atoms with Crippen LogP contribution in [0.4, 0.5) is 11.4 Å². The molecule has 4 rings (SSSR count). The van der Waals surface area contributed by atoms with Gasteiger partial charge in [0.05, 0.1) is 11.4 Å². The van der Waals surface area contributed by atoms with Crippen molar-refractivity contribution in [3.8, 4) is 11.1 Å². The van der Waals surface area contributed by atoms with Gasteiger partial charge in [0.1, 0.15) is 6.17 Å². The zero-order chi connectivity index (χ0) is 19.0. The number of nitrogens with zero attached hydrogens (tertiary/aromatic N) is 2. The Labute approximate surface area is 163 Å². The zero-order valence-electron chi connectivity index (χ0n) is 16.6. The topological polar surface area (TPSA) is 6.48 Å². The van der Waals surface area contributed by atoms with E-state index >= 15 is 0 Å². The minimum Gasteiger partial charge on any atom is -0.343 e. The zero-order valence-corrected chi connectivity index (χ0v) is 16.6. The second-order valence-corrected chi connectivity index (χ2v) is 7.82. The molecule has 0 bridgehead atoms. The van der Waals surface area contributed by atoms with Gasteiger partial charge in [-0.05, 0) is 51.0 Å². The molecule has 0 spiro atoms. The molecule has 1 heterocycles. The first kappa shape index (κ1) is 17.7. The number of anilines is 2. The van der Waals surface area contributed by atoms with Crippen molar-refractivity contribution in [3.63, 3.8) is 0 Å². The summed E-state index contributed by atoms with van der Waals surface area (Å²) in [6.45, 7) is 9.16. The molecule has 27 heavy (non-hydrogen) atoms. The molecule has 2 nitrogen and oxygen atoms in total. The predicted molar refractivity (Wildman–Crippen MR) is 116 cm³/mol. The monoisotopic (exact) mass is 356 g/mol. The van der Waals surface area contributed by atoms with E-state index in [1.807, 2.05) is 0 Å². The average Bonchev–Trinajstić information content (AvgIpc) is 3.04. The van der Waals surface area contributed by atoms with Crippen LogP contribution in [0.1, 0.15) is 39.4 Å². The molecule has 0 fully saturated rings. The third kappa shape index (κ3) is 2.99. The van der Waals surface area contributed by atoms with Gasteiger partial charge in [-0.3, -0.25) is 0 Å². The molecule has 0 saturated carbocycles. The van der Waals surface area contributed by atoms with E-state index in [-0.39, 0.29) is 6.17 Å². The van der Waals surface area contributed by atoms with Crippen molar-refractivity contribution in [2.24, 2.45) is 0 Å². The molecular formula is C25H28N2. The summed E-state index contributed by atoms with van der Waals surface area (Å²) in [7, 11) is 0. The summed E-state index contributed by atoms with van der Waals surface area (Å²) in [5, 5.41) is 0. The maximum absolute atomic E-state index is 2.57. The number of rotatable bonds is 4. The van der Waals surface area contributed by atoms with E-state index in [2.05, 4.69) is 116 Å². The lowest BCUT2D eigenvalue weighted by molar-refractivity contribution is 0.528. The second kappa shape index (κ2) is 7.11. The summed E-state index contributed by atoms with van der Waals surface area (Å²) in [5.41, 5.74) is 6.61. The Balaban J connectivity index is 1.93. The van der Waals surface area contributed by atoms with Crippen molar-refractivity contribution in [1.29, 1.82) is 0 Å². The van der Waals surface area contributed by atoms with Crippen molar-refractivity contribution in [1.82, 2.24) is 0 Å². The summed E-state index contributed by atoms with van der Waals surface area (Å²) in [5.74, 6) is 0. The lowest BCUT2D eigenvalue weighted by Gasteiger charge is -2.39. The molecule has 138 valence electrons. The van der Waals surface area contributed by atoms with Crippen LogP contribution in [0, 0.1) is 0 Å². The largest absolute Gasteiger partial charge is 0.343 e. The Morgan fingerprint density at radius 3 is 1.63 bits per heavy atom. The van der Waals surface area contributed by atoms with Crippen LogP contribution in [0.3, 0.4) is 0 Å². The van der Waals surface area contributed by atoms with Crippen LogP contribution in [0.25, 0.3) is 11.1 Å². The van der Waals surface area contributed by atoms with Crippen LogP contribution in [-0.4, -0.2) is 12.1 Å².